The minimum absolute atomic E-state index is 0.255. The molecule has 78 valence electrons. The van der Waals surface area contributed by atoms with Gasteiger partial charge >= 0.3 is 5.66 Å². The van der Waals surface area contributed by atoms with Crippen molar-refractivity contribution >= 4 is 6.08 Å². The smallest absolute Gasteiger partial charge is 0.262 e. The predicted molar refractivity (Wildman–Crippen MR) is 57.8 cm³/mol. The number of nitrogens with zero attached hydrogens (tertiary/aromatic N) is 1. The van der Waals surface area contributed by atoms with Gasteiger partial charge in [0.15, 0.2) is 0 Å². The van der Waals surface area contributed by atoms with Crippen molar-refractivity contribution in [3.05, 3.63) is 51.6 Å². The van der Waals surface area contributed by atoms with E-state index >= 15 is 0 Å². The molecule has 1 unspecified atom stereocenters. The van der Waals surface area contributed by atoms with E-state index in [1.807, 2.05) is 30.4 Å². The summed E-state index contributed by atoms with van der Waals surface area (Å²) in [5.74, 6) is 0. The largest absolute Gasteiger partial charge is 0.304 e. The summed E-state index contributed by atoms with van der Waals surface area (Å²) in [5.41, 5.74) is 0.487. The van der Waals surface area contributed by atoms with Crippen LogP contribution in [0, 0.1) is 10.1 Å². The Balaban J connectivity index is 2.62. The van der Waals surface area contributed by atoms with Crippen LogP contribution in [-0.4, -0.2) is 12.0 Å². The van der Waals surface area contributed by atoms with E-state index in [2.05, 4.69) is 5.32 Å². The van der Waals surface area contributed by atoms with Crippen molar-refractivity contribution in [2.24, 2.45) is 0 Å². The van der Waals surface area contributed by atoms with Crippen molar-refractivity contribution in [2.45, 2.75) is 12.1 Å². The first-order valence-electron chi connectivity index (χ1n) is 4.80. The standard InChI is InChI=1S/C11H12N2O2/c1-12-11(13(14)15)8-4-6-9-5-2-3-7-10(9)11/h2-7,12H,8H2,1H3. The highest BCUT2D eigenvalue weighted by Gasteiger charge is 2.44. The molecule has 0 radical (unpaired) electrons. The highest BCUT2D eigenvalue weighted by Crippen LogP contribution is 2.33. The zero-order valence-electron chi connectivity index (χ0n) is 8.43. The van der Waals surface area contributed by atoms with Crippen LogP contribution in [0.3, 0.4) is 0 Å². The van der Waals surface area contributed by atoms with Gasteiger partial charge in [0.05, 0.1) is 12.0 Å². The fraction of sp³-hybridized carbons (Fsp3) is 0.273. The van der Waals surface area contributed by atoms with Crippen LogP contribution in [0.4, 0.5) is 0 Å². The Morgan fingerprint density at radius 2 is 2.20 bits per heavy atom. The van der Waals surface area contributed by atoms with E-state index < -0.39 is 5.66 Å². The van der Waals surface area contributed by atoms with E-state index in [0.717, 1.165) is 11.1 Å². The van der Waals surface area contributed by atoms with Gasteiger partial charge in [-0.25, -0.2) is 0 Å². The summed E-state index contributed by atoms with van der Waals surface area (Å²) in [6.07, 6.45) is 4.14. The van der Waals surface area contributed by atoms with Gasteiger partial charge in [-0.3, -0.25) is 15.4 Å². The molecule has 0 fully saturated rings. The molecule has 2 rings (SSSR count). The molecule has 4 heteroatoms. The number of fused-ring (bicyclic) bond motifs is 1. The Morgan fingerprint density at radius 1 is 1.47 bits per heavy atom. The molecule has 1 aromatic rings. The van der Waals surface area contributed by atoms with E-state index in [9.17, 15) is 10.1 Å². The maximum absolute atomic E-state index is 11.2. The molecule has 1 aliphatic carbocycles. The van der Waals surface area contributed by atoms with Crippen molar-refractivity contribution in [3.63, 3.8) is 0 Å². The molecule has 0 saturated heterocycles. The third-order valence-electron chi connectivity index (χ3n) is 2.84. The lowest BCUT2D eigenvalue weighted by Gasteiger charge is -2.27. The molecule has 1 N–H and O–H groups in total. The fourth-order valence-electron chi connectivity index (χ4n) is 1.99. The van der Waals surface area contributed by atoms with Gasteiger partial charge in [-0.05, 0) is 18.7 Å². The van der Waals surface area contributed by atoms with Crippen LogP contribution >= 0.6 is 0 Å². The van der Waals surface area contributed by atoms with Crippen molar-refractivity contribution in [3.8, 4) is 0 Å². The van der Waals surface area contributed by atoms with Gasteiger partial charge in [-0.1, -0.05) is 30.4 Å². The van der Waals surface area contributed by atoms with Crippen molar-refractivity contribution in [1.82, 2.24) is 5.32 Å². The first-order chi connectivity index (χ1) is 7.20. The number of hydrogen-bond donors (Lipinski definition) is 1. The minimum atomic E-state index is -1.16. The molecule has 0 bridgehead atoms. The number of benzene rings is 1. The lowest BCUT2D eigenvalue weighted by atomic mass is 9.87. The van der Waals surface area contributed by atoms with E-state index in [4.69, 9.17) is 0 Å². The van der Waals surface area contributed by atoms with Crippen LogP contribution in [0.2, 0.25) is 0 Å². The monoisotopic (exact) mass is 204 g/mol. The summed E-state index contributed by atoms with van der Waals surface area (Å²) in [6.45, 7) is 0. The molecule has 0 aromatic heterocycles. The number of nitrogens with one attached hydrogen (secondary N) is 1. The van der Waals surface area contributed by atoms with Crippen LogP contribution < -0.4 is 5.32 Å². The molecule has 1 atom stereocenters. The van der Waals surface area contributed by atoms with Gasteiger partial charge < -0.3 is 0 Å². The summed E-state index contributed by atoms with van der Waals surface area (Å²) in [5, 5.41) is 14.0. The second-order valence-electron chi connectivity index (χ2n) is 3.56. The Labute approximate surface area is 87.8 Å². The second-order valence-corrected chi connectivity index (χ2v) is 3.56. The second kappa shape index (κ2) is 3.47. The third kappa shape index (κ3) is 1.34. The summed E-state index contributed by atoms with van der Waals surface area (Å²) < 4.78 is 0. The van der Waals surface area contributed by atoms with Crippen molar-refractivity contribution < 1.29 is 4.92 Å². The van der Waals surface area contributed by atoms with Gasteiger partial charge in [0.1, 0.15) is 0 Å². The van der Waals surface area contributed by atoms with Gasteiger partial charge in [-0.15, -0.1) is 0 Å². The highest BCUT2D eigenvalue weighted by atomic mass is 16.6. The topological polar surface area (TPSA) is 55.2 Å². The SMILES string of the molecule is CNC1([N+](=O)[O-])CC=Cc2ccccc21. The Hall–Kier alpha value is -1.68. The summed E-state index contributed by atoms with van der Waals surface area (Å²) in [6, 6.07) is 7.40. The van der Waals surface area contributed by atoms with Crippen LogP contribution in [0.15, 0.2) is 30.3 Å². The molecule has 15 heavy (non-hydrogen) atoms. The normalized spacial score (nSPS) is 23.5. The van der Waals surface area contributed by atoms with Crippen LogP contribution in [0.25, 0.3) is 6.08 Å². The quantitative estimate of drug-likeness (QED) is 0.453. The maximum atomic E-state index is 11.2. The van der Waals surface area contributed by atoms with E-state index in [-0.39, 0.29) is 4.92 Å². The molecule has 0 saturated carbocycles. The molecule has 0 amide bonds. The average molecular weight is 204 g/mol. The van der Waals surface area contributed by atoms with Gasteiger partial charge in [0.2, 0.25) is 0 Å². The number of rotatable bonds is 2. The third-order valence-corrected chi connectivity index (χ3v) is 2.84. The molecule has 1 aromatic carbocycles. The zero-order valence-corrected chi connectivity index (χ0v) is 8.43. The molecule has 1 aliphatic rings. The molecule has 0 aliphatic heterocycles. The lowest BCUT2D eigenvalue weighted by Crippen LogP contribution is -2.48. The van der Waals surface area contributed by atoms with E-state index in [1.165, 1.54) is 0 Å². The van der Waals surface area contributed by atoms with Crippen LogP contribution in [0.5, 0.6) is 0 Å². The van der Waals surface area contributed by atoms with Crippen LogP contribution in [-0.2, 0) is 5.66 Å². The van der Waals surface area contributed by atoms with Gasteiger partial charge in [0, 0.05) is 4.92 Å². The van der Waals surface area contributed by atoms with Gasteiger partial charge in [-0.2, -0.15) is 0 Å². The molecular weight excluding hydrogens is 192 g/mol. The van der Waals surface area contributed by atoms with Gasteiger partial charge in [0.25, 0.3) is 0 Å². The van der Waals surface area contributed by atoms with Crippen molar-refractivity contribution in [1.29, 1.82) is 0 Å². The number of nitro groups is 1. The van der Waals surface area contributed by atoms with E-state index in [1.54, 1.807) is 13.1 Å². The van der Waals surface area contributed by atoms with E-state index in [0.29, 0.717) is 6.42 Å². The average Bonchev–Trinajstić information content (AvgIpc) is 2.28. The molecule has 0 spiro atoms. The first-order valence-corrected chi connectivity index (χ1v) is 4.80. The maximum Gasteiger partial charge on any atom is 0.304 e. The van der Waals surface area contributed by atoms with Crippen LogP contribution in [0.1, 0.15) is 17.5 Å². The van der Waals surface area contributed by atoms with Crippen molar-refractivity contribution in [2.75, 3.05) is 7.05 Å². The Kier molecular flexibility index (Phi) is 2.28. The Morgan fingerprint density at radius 3 is 2.87 bits per heavy atom. The molecular formula is C11H12N2O2. The zero-order chi connectivity index (χ0) is 10.9. The Bertz CT molecular complexity index is 428. The molecule has 4 nitrogen and oxygen atoms in total. The summed E-state index contributed by atoms with van der Waals surface area (Å²) in [7, 11) is 1.62. The molecule has 0 heterocycles. The predicted octanol–water partition coefficient (Wildman–Crippen LogP) is 1.75. The summed E-state index contributed by atoms with van der Waals surface area (Å²) in [4.78, 5) is 10.9. The number of hydrogen-bond acceptors (Lipinski definition) is 3. The highest BCUT2D eigenvalue weighted by molar-refractivity contribution is 5.58. The summed E-state index contributed by atoms with van der Waals surface area (Å²) >= 11 is 0. The first kappa shape index (κ1) is 9.86. The minimum Gasteiger partial charge on any atom is -0.262 e. The fourth-order valence-corrected chi connectivity index (χ4v) is 1.99. The lowest BCUT2D eigenvalue weighted by molar-refractivity contribution is -0.586.